The predicted octanol–water partition coefficient (Wildman–Crippen LogP) is 3.10. The minimum Gasteiger partial charge on any atom is -0.357 e. The molecule has 0 aromatic carbocycles. The van der Waals surface area contributed by atoms with Crippen molar-refractivity contribution >= 4 is 5.82 Å². The van der Waals surface area contributed by atoms with Crippen LogP contribution < -0.4 is 4.90 Å². The molecule has 2 heteroatoms. The monoisotopic (exact) mass is 204 g/mol. The largest absolute Gasteiger partial charge is 0.357 e. The zero-order chi connectivity index (χ0) is 10.5. The first kappa shape index (κ1) is 10.5. The second-order valence-electron chi connectivity index (χ2n) is 4.41. The van der Waals surface area contributed by atoms with E-state index < -0.39 is 0 Å². The van der Waals surface area contributed by atoms with Gasteiger partial charge in [0.05, 0.1) is 0 Å². The van der Waals surface area contributed by atoms with Crippen LogP contribution in [0.1, 0.15) is 32.6 Å². The number of rotatable bonds is 3. The summed E-state index contributed by atoms with van der Waals surface area (Å²) in [7, 11) is 0. The van der Waals surface area contributed by atoms with Crippen molar-refractivity contribution in [2.75, 3.05) is 18.0 Å². The van der Waals surface area contributed by atoms with Crippen LogP contribution in [-0.2, 0) is 0 Å². The van der Waals surface area contributed by atoms with Crippen LogP contribution in [0.3, 0.4) is 0 Å². The highest BCUT2D eigenvalue weighted by Gasteiger charge is 2.18. The van der Waals surface area contributed by atoms with Crippen molar-refractivity contribution in [2.45, 2.75) is 32.6 Å². The number of pyridine rings is 1. The van der Waals surface area contributed by atoms with E-state index in [1.54, 1.807) is 0 Å². The van der Waals surface area contributed by atoms with Gasteiger partial charge in [-0.15, -0.1) is 0 Å². The third-order valence-electron chi connectivity index (χ3n) is 3.28. The molecule has 0 saturated carbocycles. The van der Waals surface area contributed by atoms with Crippen molar-refractivity contribution in [2.24, 2.45) is 5.92 Å². The smallest absolute Gasteiger partial charge is 0.128 e. The minimum atomic E-state index is 0.954. The van der Waals surface area contributed by atoms with E-state index in [-0.39, 0.29) is 0 Å². The first-order valence-corrected chi connectivity index (χ1v) is 6.06. The summed E-state index contributed by atoms with van der Waals surface area (Å²) in [5.74, 6) is 2.10. The molecule has 1 aromatic rings. The van der Waals surface area contributed by atoms with Crippen molar-refractivity contribution in [3.63, 3.8) is 0 Å². The summed E-state index contributed by atoms with van der Waals surface area (Å²) in [5, 5.41) is 0. The highest BCUT2D eigenvalue weighted by molar-refractivity contribution is 5.37. The summed E-state index contributed by atoms with van der Waals surface area (Å²) in [4.78, 5) is 6.81. The van der Waals surface area contributed by atoms with Gasteiger partial charge < -0.3 is 4.90 Å². The molecule has 0 N–H and O–H groups in total. The Bertz CT molecular complexity index is 276. The first-order chi connectivity index (χ1) is 7.40. The molecule has 0 spiro atoms. The molecular formula is C13H20N2. The quantitative estimate of drug-likeness (QED) is 0.752. The third kappa shape index (κ3) is 2.71. The number of hydrogen-bond donors (Lipinski definition) is 0. The van der Waals surface area contributed by atoms with Gasteiger partial charge in [-0.25, -0.2) is 4.98 Å². The van der Waals surface area contributed by atoms with E-state index in [0.29, 0.717) is 0 Å². The molecule has 15 heavy (non-hydrogen) atoms. The Morgan fingerprint density at radius 1 is 1.33 bits per heavy atom. The summed E-state index contributed by atoms with van der Waals surface area (Å²) >= 11 is 0. The summed E-state index contributed by atoms with van der Waals surface area (Å²) in [6, 6.07) is 6.16. The second kappa shape index (κ2) is 5.15. The highest BCUT2D eigenvalue weighted by atomic mass is 15.2. The van der Waals surface area contributed by atoms with Gasteiger partial charge in [-0.3, -0.25) is 0 Å². The Morgan fingerprint density at radius 2 is 2.13 bits per heavy atom. The molecule has 2 nitrogen and oxygen atoms in total. The number of piperidine rings is 1. The highest BCUT2D eigenvalue weighted by Crippen LogP contribution is 2.24. The van der Waals surface area contributed by atoms with Gasteiger partial charge in [-0.05, 0) is 30.9 Å². The molecule has 1 fully saturated rings. The van der Waals surface area contributed by atoms with Crippen LogP contribution in [0.15, 0.2) is 24.4 Å². The SMILES string of the molecule is CCCC1CCN(c2ccccn2)CC1. The molecular weight excluding hydrogens is 184 g/mol. The Morgan fingerprint density at radius 3 is 2.73 bits per heavy atom. The number of anilines is 1. The van der Waals surface area contributed by atoms with E-state index in [1.807, 2.05) is 12.3 Å². The van der Waals surface area contributed by atoms with Crippen molar-refractivity contribution in [3.05, 3.63) is 24.4 Å². The fraction of sp³-hybridized carbons (Fsp3) is 0.615. The number of hydrogen-bond acceptors (Lipinski definition) is 2. The lowest BCUT2D eigenvalue weighted by atomic mass is 9.92. The van der Waals surface area contributed by atoms with Crippen LogP contribution in [0.25, 0.3) is 0 Å². The average molecular weight is 204 g/mol. The van der Waals surface area contributed by atoms with E-state index in [1.165, 1.54) is 38.8 Å². The number of nitrogens with zero attached hydrogens (tertiary/aromatic N) is 2. The van der Waals surface area contributed by atoms with Crippen LogP contribution in [0.4, 0.5) is 5.82 Å². The molecule has 0 unspecified atom stereocenters. The molecule has 2 rings (SSSR count). The summed E-state index contributed by atoms with van der Waals surface area (Å²) in [6.07, 6.45) is 7.28. The van der Waals surface area contributed by atoms with E-state index in [2.05, 4.69) is 28.9 Å². The van der Waals surface area contributed by atoms with Crippen LogP contribution >= 0.6 is 0 Å². The maximum absolute atomic E-state index is 4.40. The minimum absolute atomic E-state index is 0.954. The Kier molecular flexibility index (Phi) is 3.59. The van der Waals surface area contributed by atoms with Crippen molar-refractivity contribution in [1.82, 2.24) is 4.98 Å². The second-order valence-corrected chi connectivity index (χ2v) is 4.41. The van der Waals surface area contributed by atoms with Gasteiger partial charge in [0.15, 0.2) is 0 Å². The van der Waals surface area contributed by atoms with Crippen molar-refractivity contribution < 1.29 is 0 Å². The lowest BCUT2D eigenvalue weighted by molar-refractivity contribution is 0.377. The lowest BCUT2D eigenvalue weighted by Crippen LogP contribution is -2.34. The van der Waals surface area contributed by atoms with Gasteiger partial charge in [0.25, 0.3) is 0 Å². The van der Waals surface area contributed by atoms with E-state index in [4.69, 9.17) is 0 Å². The molecule has 1 aliphatic rings. The van der Waals surface area contributed by atoms with Crippen molar-refractivity contribution in [1.29, 1.82) is 0 Å². The van der Waals surface area contributed by atoms with Gasteiger partial charge in [-0.2, -0.15) is 0 Å². The molecule has 1 saturated heterocycles. The van der Waals surface area contributed by atoms with Crippen LogP contribution in [0.5, 0.6) is 0 Å². The Hall–Kier alpha value is -1.05. The molecule has 0 atom stereocenters. The molecule has 2 heterocycles. The van der Waals surface area contributed by atoms with E-state index >= 15 is 0 Å². The molecule has 0 bridgehead atoms. The van der Waals surface area contributed by atoms with E-state index in [9.17, 15) is 0 Å². The first-order valence-electron chi connectivity index (χ1n) is 6.06. The number of aromatic nitrogens is 1. The molecule has 1 aliphatic heterocycles. The molecule has 1 aromatic heterocycles. The predicted molar refractivity (Wildman–Crippen MR) is 64.1 cm³/mol. The average Bonchev–Trinajstić information content (AvgIpc) is 2.32. The van der Waals surface area contributed by atoms with Crippen molar-refractivity contribution in [3.8, 4) is 0 Å². The Labute approximate surface area is 92.3 Å². The van der Waals surface area contributed by atoms with Gasteiger partial charge in [-0.1, -0.05) is 25.8 Å². The normalized spacial score (nSPS) is 18.1. The van der Waals surface area contributed by atoms with Gasteiger partial charge in [0.2, 0.25) is 0 Å². The maximum Gasteiger partial charge on any atom is 0.128 e. The van der Waals surface area contributed by atoms with E-state index in [0.717, 1.165) is 11.7 Å². The summed E-state index contributed by atoms with van der Waals surface area (Å²) < 4.78 is 0. The molecule has 0 radical (unpaired) electrons. The Balaban J connectivity index is 1.88. The standard InChI is InChI=1S/C13H20N2/c1-2-5-12-7-10-15(11-8-12)13-6-3-4-9-14-13/h3-4,6,9,12H,2,5,7-8,10-11H2,1H3. The van der Waals surface area contributed by atoms with Gasteiger partial charge >= 0.3 is 0 Å². The van der Waals surface area contributed by atoms with Gasteiger partial charge in [0, 0.05) is 19.3 Å². The van der Waals surface area contributed by atoms with Crippen LogP contribution in [0, 0.1) is 5.92 Å². The zero-order valence-corrected chi connectivity index (χ0v) is 9.52. The van der Waals surface area contributed by atoms with Gasteiger partial charge in [0.1, 0.15) is 5.82 Å². The topological polar surface area (TPSA) is 16.1 Å². The molecule has 0 aliphatic carbocycles. The van der Waals surface area contributed by atoms with Crippen LogP contribution in [-0.4, -0.2) is 18.1 Å². The maximum atomic E-state index is 4.40. The summed E-state index contributed by atoms with van der Waals surface area (Å²) in [6.45, 7) is 4.65. The molecule has 0 amide bonds. The third-order valence-corrected chi connectivity index (χ3v) is 3.28. The fourth-order valence-electron chi connectivity index (χ4n) is 2.40. The lowest BCUT2D eigenvalue weighted by Gasteiger charge is -2.32. The molecule has 82 valence electrons. The zero-order valence-electron chi connectivity index (χ0n) is 9.52. The fourth-order valence-corrected chi connectivity index (χ4v) is 2.40. The summed E-state index contributed by atoms with van der Waals surface area (Å²) in [5.41, 5.74) is 0. The van der Waals surface area contributed by atoms with Crippen LogP contribution in [0.2, 0.25) is 0 Å².